The normalized spacial score (nSPS) is 12.5. The Labute approximate surface area is 212 Å². The summed E-state index contributed by atoms with van der Waals surface area (Å²) in [5.74, 6) is 0.114. The van der Waals surface area contributed by atoms with Crippen molar-refractivity contribution in [3.63, 3.8) is 0 Å². The van der Waals surface area contributed by atoms with Crippen molar-refractivity contribution < 1.29 is 14.3 Å². The first-order valence-electron chi connectivity index (χ1n) is 11.7. The lowest BCUT2D eigenvalue weighted by Crippen LogP contribution is -2.50. The van der Waals surface area contributed by atoms with Crippen LogP contribution in [0.4, 0.5) is 4.79 Å². The number of carbonyl (C=O) groups is 2. The summed E-state index contributed by atoms with van der Waals surface area (Å²) in [4.78, 5) is 27.2. The number of carbonyl (C=O) groups excluding carboxylic acids is 2. The molecule has 5 nitrogen and oxygen atoms in total. The van der Waals surface area contributed by atoms with Gasteiger partial charge in [0.25, 0.3) is 0 Å². The van der Waals surface area contributed by atoms with Crippen LogP contribution < -0.4 is 5.32 Å². The van der Waals surface area contributed by atoms with E-state index in [1.165, 1.54) is 4.90 Å². The Morgan fingerprint density at radius 1 is 0.829 bits per heavy atom. The highest BCUT2D eigenvalue weighted by Gasteiger charge is 2.39. The molecule has 0 bridgehead atoms. The first kappa shape index (κ1) is 26.4. The number of likely N-dealkylation sites (N-methyl/N-ethyl adjacent to an activating group) is 2. The number of rotatable bonds is 8. The molecule has 3 rings (SSSR count). The molecule has 0 saturated heterocycles. The zero-order chi connectivity index (χ0) is 25.5. The molecule has 2 amide bonds. The molecule has 0 aliphatic heterocycles. The van der Waals surface area contributed by atoms with Gasteiger partial charge in [0.1, 0.15) is 11.6 Å². The maximum Gasteiger partial charge on any atom is 0.410 e. The van der Waals surface area contributed by atoms with Crippen LogP contribution >= 0.6 is 11.8 Å². The molecule has 0 radical (unpaired) electrons. The monoisotopic (exact) mass is 490 g/mol. The Kier molecular flexibility index (Phi) is 8.62. The Hall–Kier alpha value is -3.25. The summed E-state index contributed by atoms with van der Waals surface area (Å²) in [7, 11) is 3.20. The van der Waals surface area contributed by atoms with Crippen molar-refractivity contribution in [1.82, 2.24) is 10.2 Å². The average Bonchev–Trinajstić information content (AvgIpc) is 2.86. The molecule has 0 spiro atoms. The third-order valence-corrected chi connectivity index (χ3v) is 7.32. The summed E-state index contributed by atoms with van der Waals surface area (Å²) >= 11 is 1.63. The van der Waals surface area contributed by atoms with Gasteiger partial charge in [0.15, 0.2) is 0 Å². The van der Waals surface area contributed by atoms with Gasteiger partial charge in [-0.1, -0.05) is 91.0 Å². The summed E-state index contributed by atoms with van der Waals surface area (Å²) in [6.45, 7) is 5.44. The van der Waals surface area contributed by atoms with Crippen LogP contribution in [0.25, 0.3) is 0 Å². The number of ether oxygens (including phenoxy) is 1. The van der Waals surface area contributed by atoms with Gasteiger partial charge in [-0.25, -0.2) is 4.79 Å². The molecule has 3 aromatic rings. The van der Waals surface area contributed by atoms with Gasteiger partial charge in [0, 0.05) is 19.8 Å². The van der Waals surface area contributed by atoms with Crippen molar-refractivity contribution in [1.29, 1.82) is 0 Å². The number of amides is 2. The zero-order valence-electron chi connectivity index (χ0n) is 21.0. The van der Waals surface area contributed by atoms with E-state index in [0.29, 0.717) is 5.75 Å². The Morgan fingerprint density at radius 3 is 1.57 bits per heavy atom. The molecule has 0 aliphatic carbocycles. The summed E-state index contributed by atoms with van der Waals surface area (Å²) < 4.78 is 4.97. The maximum absolute atomic E-state index is 13.0. The summed E-state index contributed by atoms with van der Waals surface area (Å²) in [6, 6.07) is 30.1. The highest BCUT2D eigenvalue weighted by molar-refractivity contribution is 8.00. The van der Waals surface area contributed by atoms with Gasteiger partial charge >= 0.3 is 6.09 Å². The number of thioether (sulfide) groups is 1. The molecule has 1 N–H and O–H groups in total. The minimum Gasteiger partial charge on any atom is -0.444 e. The summed E-state index contributed by atoms with van der Waals surface area (Å²) in [5, 5.41) is 2.72. The number of hydrogen-bond acceptors (Lipinski definition) is 4. The molecule has 6 heteroatoms. The lowest BCUT2D eigenvalue weighted by atomic mass is 9.84. The van der Waals surface area contributed by atoms with Crippen LogP contribution in [0.2, 0.25) is 0 Å². The fraction of sp³-hybridized carbons (Fsp3) is 0.310. The van der Waals surface area contributed by atoms with Crippen LogP contribution in [-0.2, 0) is 14.3 Å². The zero-order valence-corrected chi connectivity index (χ0v) is 21.8. The number of nitrogens with zero attached hydrogens (tertiary/aromatic N) is 1. The molecule has 0 aliphatic rings. The summed E-state index contributed by atoms with van der Waals surface area (Å²) in [6.07, 6.45) is -0.531. The van der Waals surface area contributed by atoms with Gasteiger partial charge in [0.05, 0.1) is 4.75 Å². The minimum atomic E-state index is -0.727. The lowest BCUT2D eigenvalue weighted by Gasteiger charge is -2.37. The highest BCUT2D eigenvalue weighted by Crippen LogP contribution is 2.48. The fourth-order valence-electron chi connectivity index (χ4n) is 3.96. The van der Waals surface area contributed by atoms with Crippen molar-refractivity contribution in [2.45, 2.75) is 37.2 Å². The predicted octanol–water partition coefficient (Wildman–Crippen LogP) is 5.69. The first-order chi connectivity index (χ1) is 16.7. The van der Waals surface area contributed by atoms with Gasteiger partial charge in [-0.2, -0.15) is 0 Å². The molecule has 0 fully saturated rings. The second-order valence-corrected chi connectivity index (χ2v) is 10.5. The van der Waals surface area contributed by atoms with E-state index in [2.05, 4.69) is 41.7 Å². The van der Waals surface area contributed by atoms with Crippen molar-refractivity contribution in [3.8, 4) is 0 Å². The quantitative estimate of drug-likeness (QED) is 0.412. The predicted molar refractivity (Wildman–Crippen MR) is 144 cm³/mol. The van der Waals surface area contributed by atoms with E-state index < -0.39 is 22.5 Å². The first-order valence-corrected chi connectivity index (χ1v) is 12.7. The van der Waals surface area contributed by atoms with E-state index in [4.69, 9.17) is 4.74 Å². The van der Waals surface area contributed by atoms with Gasteiger partial charge in [-0.05, 0) is 37.5 Å². The molecule has 0 aromatic heterocycles. The van der Waals surface area contributed by atoms with Gasteiger partial charge in [0.2, 0.25) is 5.91 Å². The van der Waals surface area contributed by atoms with Crippen molar-refractivity contribution in [2.24, 2.45) is 0 Å². The molecular weight excluding hydrogens is 456 g/mol. The average molecular weight is 491 g/mol. The van der Waals surface area contributed by atoms with Crippen molar-refractivity contribution in [3.05, 3.63) is 108 Å². The maximum atomic E-state index is 13.0. The van der Waals surface area contributed by atoms with E-state index in [1.54, 1.807) is 25.9 Å². The van der Waals surface area contributed by atoms with Crippen LogP contribution in [0, 0.1) is 0 Å². The largest absolute Gasteiger partial charge is 0.444 e. The molecule has 0 unspecified atom stereocenters. The lowest BCUT2D eigenvalue weighted by molar-refractivity contribution is -0.124. The molecule has 3 aromatic carbocycles. The van der Waals surface area contributed by atoms with E-state index in [9.17, 15) is 9.59 Å². The molecule has 35 heavy (non-hydrogen) atoms. The standard InChI is InChI=1S/C29H34N2O3S/c1-28(2,3)34-27(33)31(5)25(26(32)30-4)21-35-29(22-15-9-6-10-16-22,23-17-11-7-12-18-23)24-19-13-8-14-20-24/h6-20,25H,21H2,1-5H3,(H,30,32)/t25-/m0/s1. The van der Waals surface area contributed by atoms with E-state index in [1.807, 2.05) is 75.4 Å². The molecule has 0 saturated carbocycles. The van der Waals surface area contributed by atoms with Crippen molar-refractivity contribution >= 4 is 23.8 Å². The Bertz CT molecular complexity index is 1000. The van der Waals surface area contributed by atoms with Crippen LogP contribution in [0.5, 0.6) is 0 Å². The second kappa shape index (κ2) is 11.5. The van der Waals surface area contributed by atoms with E-state index in [0.717, 1.165) is 16.7 Å². The highest BCUT2D eigenvalue weighted by atomic mass is 32.2. The summed E-state index contributed by atoms with van der Waals surface area (Å²) in [5.41, 5.74) is 2.63. The van der Waals surface area contributed by atoms with Crippen molar-refractivity contribution in [2.75, 3.05) is 19.8 Å². The van der Waals surface area contributed by atoms with Gasteiger partial charge < -0.3 is 10.1 Å². The molecule has 0 heterocycles. The van der Waals surface area contributed by atoms with Gasteiger partial charge in [-0.3, -0.25) is 9.69 Å². The number of nitrogens with one attached hydrogen (secondary N) is 1. The fourth-order valence-corrected chi connectivity index (χ4v) is 5.65. The smallest absolute Gasteiger partial charge is 0.410 e. The van der Waals surface area contributed by atoms with Crippen LogP contribution in [0.3, 0.4) is 0 Å². The van der Waals surface area contributed by atoms with Gasteiger partial charge in [-0.15, -0.1) is 11.8 Å². The van der Waals surface area contributed by atoms with Crippen LogP contribution in [0.15, 0.2) is 91.0 Å². The van der Waals surface area contributed by atoms with Crippen LogP contribution in [0.1, 0.15) is 37.5 Å². The third-order valence-electron chi connectivity index (χ3n) is 5.70. The molecule has 184 valence electrons. The molecule has 1 atom stereocenters. The second-order valence-electron chi connectivity index (χ2n) is 9.31. The minimum absolute atomic E-state index is 0.242. The topological polar surface area (TPSA) is 58.6 Å². The number of benzene rings is 3. The Balaban J connectivity index is 2.09. The SMILES string of the molecule is CNC(=O)[C@H](CSC(c1ccccc1)(c1ccccc1)c1ccccc1)N(C)C(=O)OC(C)(C)C. The number of hydrogen-bond donors (Lipinski definition) is 1. The molecular formula is C29H34N2O3S. The third kappa shape index (κ3) is 6.25. The van der Waals surface area contributed by atoms with E-state index in [-0.39, 0.29) is 5.91 Å². The Morgan fingerprint density at radius 2 is 1.23 bits per heavy atom. The van der Waals surface area contributed by atoms with Crippen LogP contribution in [-0.4, -0.2) is 48.4 Å². The van der Waals surface area contributed by atoms with E-state index >= 15 is 0 Å².